The molecule has 1 aliphatic rings. The molecule has 9 nitrogen and oxygen atoms in total. The van der Waals surface area contributed by atoms with Gasteiger partial charge in [-0.15, -0.1) is 0 Å². The van der Waals surface area contributed by atoms with Crippen molar-refractivity contribution < 1.29 is 24.6 Å². The lowest BCUT2D eigenvalue weighted by Crippen LogP contribution is -2.50. The third kappa shape index (κ3) is 6.82. The number of phenols is 1. The van der Waals surface area contributed by atoms with Crippen LogP contribution in [-0.4, -0.2) is 96.1 Å². The number of phenolic OH excluding ortho intramolecular Hbond substituents is 1. The first kappa shape index (κ1) is 21.6. The number of carboxylic acid groups (broad SMARTS) is 1. The minimum absolute atomic E-state index is 0.0261. The highest BCUT2D eigenvalue weighted by molar-refractivity contribution is 5.93. The van der Waals surface area contributed by atoms with E-state index in [4.69, 9.17) is 0 Å². The SMILES string of the molecule is CN(C)C(=O)CN1CCN(C[C@@H](CC(=O)Nc2cccc(O)c2)C(=O)O)CC1. The first-order valence-electron chi connectivity index (χ1n) is 9.21. The summed E-state index contributed by atoms with van der Waals surface area (Å²) in [6, 6.07) is 6.12. The number of likely N-dealkylation sites (N-methyl/N-ethyl adjacent to an activating group) is 1. The van der Waals surface area contributed by atoms with Crippen molar-refractivity contribution in [2.24, 2.45) is 5.92 Å². The minimum Gasteiger partial charge on any atom is -0.508 e. The Morgan fingerprint density at radius 1 is 1.14 bits per heavy atom. The summed E-state index contributed by atoms with van der Waals surface area (Å²) in [5, 5.41) is 21.5. The quantitative estimate of drug-likeness (QED) is 0.576. The second kappa shape index (κ2) is 10.0. The fraction of sp³-hybridized carbons (Fsp3) is 0.526. The Kier molecular flexibility index (Phi) is 7.77. The molecule has 0 spiro atoms. The molecule has 1 saturated heterocycles. The maximum Gasteiger partial charge on any atom is 0.308 e. The van der Waals surface area contributed by atoms with Gasteiger partial charge in [-0.3, -0.25) is 24.2 Å². The van der Waals surface area contributed by atoms with Crippen LogP contribution in [0.2, 0.25) is 0 Å². The maximum atomic E-state index is 12.2. The Hall–Kier alpha value is -2.65. The molecule has 1 atom stereocenters. The zero-order valence-corrected chi connectivity index (χ0v) is 16.3. The van der Waals surface area contributed by atoms with Crippen molar-refractivity contribution in [3.8, 4) is 5.75 Å². The summed E-state index contributed by atoms with van der Waals surface area (Å²) >= 11 is 0. The lowest BCUT2D eigenvalue weighted by atomic mass is 10.0. The molecule has 28 heavy (non-hydrogen) atoms. The number of benzene rings is 1. The number of piperazine rings is 1. The van der Waals surface area contributed by atoms with Crippen molar-refractivity contribution >= 4 is 23.5 Å². The van der Waals surface area contributed by atoms with Gasteiger partial charge in [-0.2, -0.15) is 0 Å². The molecular weight excluding hydrogens is 364 g/mol. The number of carbonyl (C=O) groups is 3. The Balaban J connectivity index is 1.82. The molecule has 0 bridgehead atoms. The molecule has 1 aliphatic heterocycles. The van der Waals surface area contributed by atoms with Crippen LogP contribution in [0.5, 0.6) is 5.75 Å². The fourth-order valence-corrected chi connectivity index (χ4v) is 3.02. The van der Waals surface area contributed by atoms with Crippen molar-refractivity contribution in [1.82, 2.24) is 14.7 Å². The predicted octanol–water partition coefficient (Wildman–Crippen LogP) is 0.127. The van der Waals surface area contributed by atoms with E-state index in [-0.39, 0.29) is 24.6 Å². The minimum atomic E-state index is -1.02. The summed E-state index contributed by atoms with van der Waals surface area (Å²) in [5.41, 5.74) is 0.424. The van der Waals surface area contributed by atoms with Gasteiger partial charge in [0.2, 0.25) is 11.8 Å². The second-order valence-corrected chi connectivity index (χ2v) is 7.20. The third-order valence-electron chi connectivity index (χ3n) is 4.71. The summed E-state index contributed by atoms with van der Waals surface area (Å²) in [4.78, 5) is 41.2. The van der Waals surface area contributed by atoms with Crippen LogP contribution in [0.3, 0.4) is 0 Å². The zero-order chi connectivity index (χ0) is 20.7. The van der Waals surface area contributed by atoms with Gasteiger partial charge in [0.05, 0.1) is 12.5 Å². The first-order chi connectivity index (χ1) is 13.2. The van der Waals surface area contributed by atoms with Gasteiger partial charge in [0.25, 0.3) is 0 Å². The van der Waals surface area contributed by atoms with Crippen LogP contribution in [0.1, 0.15) is 6.42 Å². The molecule has 2 rings (SSSR count). The number of hydrogen-bond donors (Lipinski definition) is 3. The molecule has 0 saturated carbocycles. The number of carbonyl (C=O) groups excluding carboxylic acids is 2. The summed E-state index contributed by atoms with van der Waals surface area (Å²) in [7, 11) is 3.44. The number of carboxylic acids is 1. The van der Waals surface area contributed by atoms with E-state index < -0.39 is 17.8 Å². The van der Waals surface area contributed by atoms with Crippen LogP contribution >= 0.6 is 0 Å². The Morgan fingerprint density at radius 3 is 2.36 bits per heavy atom. The number of aromatic hydroxyl groups is 1. The molecule has 2 amide bonds. The maximum absolute atomic E-state index is 12.2. The molecule has 0 aromatic heterocycles. The van der Waals surface area contributed by atoms with Gasteiger partial charge in [0.1, 0.15) is 5.75 Å². The van der Waals surface area contributed by atoms with Gasteiger partial charge in [-0.1, -0.05) is 6.07 Å². The summed E-state index contributed by atoms with van der Waals surface area (Å²) < 4.78 is 0. The highest BCUT2D eigenvalue weighted by Crippen LogP contribution is 2.17. The van der Waals surface area contributed by atoms with Crippen molar-refractivity contribution in [2.45, 2.75) is 6.42 Å². The normalized spacial score (nSPS) is 16.4. The molecule has 1 heterocycles. The lowest BCUT2D eigenvalue weighted by molar-refractivity contribution is -0.144. The first-order valence-corrected chi connectivity index (χ1v) is 9.21. The number of hydrogen-bond acceptors (Lipinski definition) is 6. The number of aliphatic carboxylic acids is 1. The summed E-state index contributed by atoms with van der Waals surface area (Å²) in [6.07, 6.45) is -0.148. The molecule has 9 heteroatoms. The zero-order valence-electron chi connectivity index (χ0n) is 16.3. The fourth-order valence-electron chi connectivity index (χ4n) is 3.02. The van der Waals surface area contributed by atoms with Gasteiger partial charge < -0.3 is 20.4 Å². The Labute approximate surface area is 164 Å². The van der Waals surface area contributed by atoms with E-state index in [1.54, 1.807) is 31.1 Å². The number of amides is 2. The predicted molar refractivity (Wildman–Crippen MR) is 104 cm³/mol. The standard InChI is InChI=1S/C19H28N4O5/c1-21(2)18(26)13-23-8-6-22(7-9-23)12-14(19(27)28)10-17(25)20-15-4-3-5-16(24)11-15/h3-5,11,14,24H,6-10,12-13H2,1-2H3,(H,20,25)(H,27,28)/t14-/m1/s1. The van der Waals surface area contributed by atoms with E-state index in [1.807, 2.05) is 9.80 Å². The molecule has 1 aromatic rings. The topological polar surface area (TPSA) is 113 Å². The van der Waals surface area contributed by atoms with Gasteiger partial charge in [0.15, 0.2) is 0 Å². The molecule has 1 fully saturated rings. The molecule has 3 N–H and O–H groups in total. The van der Waals surface area contributed by atoms with Gasteiger partial charge in [0, 0.05) is 65.0 Å². The van der Waals surface area contributed by atoms with E-state index in [0.29, 0.717) is 38.4 Å². The van der Waals surface area contributed by atoms with Crippen LogP contribution in [0.15, 0.2) is 24.3 Å². The van der Waals surface area contributed by atoms with E-state index in [1.165, 1.54) is 12.1 Å². The van der Waals surface area contributed by atoms with Crippen LogP contribution in [0, 0.1) is 5.92 Å². The molecule has 0 radical (unpaired) electrons. The van der Waals surface area contributed by atoms with E-state index >= 15 is 0 Å². The molecule has 1 aromatic carbocycles. The Morgan fingerprint density at radius 2 is 1.79 bits per heavy atom. The molecule has 154 valence electrons. The van der Waals surface area contributed by atoms with Crippen molar-refractivity contribution in [2.75, 3.05) is 58.7 Å². The molecule has 0 unspecified atom stereocenters. The lowest BCUT2D eigenvalue weighted by Gasteiger charge is -2.35. The van der Waals surface area contributed by atoms with Gasteiger partial charge >= 0.3 is 5.97 Å². The van der Waals surface area contributed by atoms with E-state index in [2.05, 4.69) is 5.32 Å². The summed E-state index contributed by atoms with van der Waals surface area (Å²) in [6.45, 7) is 3.30. The summed E-state index contributed by atoms with van der Waals surface area (Å²) in [5.74, 6) is -2.18. The second-order valence-electron chi connectivity index (χ2n) is 7.20. The van der Waals surface area contributed by atoms with E-state index in [0.717, 1.165) is 0 Å². The largest absolute Gasteiger partial charge is 0.508 e. The Bertz CT molecular complexity index is 701. The van der Waals surface area contributed by atoms with Crippen LogP contribution < -0.4 is 5.32 Å². The van der Waals surface area contributed by atoms with Crippen LogP contribution in [0.4, 0.5) is 5.69 Å². The van der Waals surface area contributed by atoms with Crippen molar-refractivity contribution in [1.29, 1.82) is 0 Å². The molecule has 0 aliphatic carbocycles. The molecular formula is C19H28N4O5. The number of anilines is 1. The number of rotatable bonds is 8. The average Bonchev–Trinajstić information content (AvgIpc) is 2.62. The highest BCUT2D eigenvalue weighted by atomic mass is 16.4. The van der Waals surface area contributed by atoms with Crippen LogP contribution in [0.25, 0.3) is 0 Å². The van der Waals surface area contributed by atoms with Gasteiger partial charge in [-0.05, 0) is 12.1 Å². The monoisotopic (exact) mass is 392 g/mol. The number of nitrogens with one attached hydrogen (secondary N) is 1. The van der Waals surface area contributed by atoms with E-state index in [9.17, 15) is 24.6 Å². The van der Waals surface area contributed by atoms with Crippen molar-refractivity contribution in [3.63, 3.8) is 0 Å². The smallest absolute Gasteiger partial charge is 0.308 e. The van der Waals surface area contributed by atoms with Crippen LogP contribution in [-0.2, 0) is 14.4 Å². The van der Waals surface area contributed by atoms with Gasteiger partial charge in [-0.25, -0.2) is 0 Å². The average molecular weight is 392 g/mol. The van der Waals surface area contributed by atoms with Crippen molar-refractivity contribution in [3.05, 3.63) is 24.3 Å². The number of nitrogens with zero attached hydrogens (tertiary/aromatic N) is 3. The highest BCUT2D eigenvalue weighted by Gasteiger charge is 2.27. The third-order valence-corrected chi connectivity index (χ3v) is 4.71.